The van der Waals surface area contributed by atoms with E-state index in [1.54, 1.807) is 0 Å². The number of rotatable bonds is 10. The Labute approximate surface area is 116 Å². The first-order chi connectivity index (χ1) is 9.13. The summed E-state index contributed by atoms with van der Waals surface area (Å²) in [6.45, 7) is 2.86. The predicted octanol–water partition coefficient (Wildman–Crippen LogP) is 2.78. The van der Waals surface area contributed by atoms with Crippen LogP contribution in [-0.2, 0) is 17.7 Å². The van der Waals surface area contributed by atoms with Gasteiger partial charge in [-0.05, 0) is 6.42 Å². The number of H-pyrrole nitrogens is 1. The van der Waals surface area contributed by atoms with Gasteiger partial charge in [0.15, 0.2) is 5.15 Å². The van der Waals surface area contributed by atoms with E-state index in [1.165, 1.54) is 0 Å². The zero-order valence-electron chi connectivity index (χ0n) is 11.0. The van der Waals surface area contributed by atoms with Crippen LogP contribution in [0.4, 0.5) is 8.78 Å². The molecule has 0 bridgehead atoms. The Morgan fingerprint density at radius 2 is 2.26 bits per heavy atom. The maximum absolute atomic E-state index is 11.8. The zero-order chi connectivity index (χ0) is 14.1. The fourth-order valence-electron chi connectivity index (χ4n) is 1.55. The van der Waals surface area contributed by atoms with Crippen LogP contribution in [0.3, 0.4) is 0 Å². The highest BCUT2D eigenvalue weighted by Gasteiger charge is 2.07. The predicted molar refractivity (Wildman–Crippen MR) is 70.7 cm³/mol. The topological polar surface area (TPSA) is 49.9 Å². The first-order valence-corrected chi connectivity index (χ1v) is 6.81. The van der Waals surface area contributed by atoms with Crippen molar-refractivity contribution in [2.45, 2.75) is 39.2 Å². The largest absolute Gasteiger partial charge is 0.374 e. The normalized spacial score (nSPS) is 11.4. The third kappa shape index (κ3) is 6.84. The van der Waals surface area contributed by atoms with E-state index in [9.17, 15) is 8.78 Å². The van der Waals surface area contributed by atoms with Gasteiger partial charge in [0.25, 0.3) is 6.43 Å². The van der Waals surface area contributed by atoms with Gasteiger partial charge in [-0.2, -0.15) is 0 Å². The van der Waals surface area contributed by atoms with Crippen molar-refractivity contribution in [2.24, 2.45) is 0 Å². The molecule has 4 nitrogen and oxygen atoms in total. The number of imidazole rings is 1. The number of hydrogen-bond donors (Lipinski definition) is 2. The molecule has 0 amide bonds. The summed E-state index contributed by atoms with van der Waals surface area (Å²) in [5, 5.41) is 3.52. The molecule has 7 heteroatoms. The third-order valence-electron chi connectivity index (χ3n) is 2.51. The molecular weight excluding hydrogens is 276 g/mol. The molecule has 1 aromatic heterocycles. The molecule has 19 heavy (non-hydrogen) atoms. The van der Waals surface area contributed by atoms with Gasteiger partial charge in [-0.15, -0.1) is 0 Å². The van der Waals surface area contributed by atoms with Crippen molar-refractivity contribution in [1.29, 1.82) is 0 Å². The quantitative estimate of drug-likeness (QED) is 0.653. The second-order valence-corrected chi connectivity index (χ2v) is 4.56. The van der Waals surface area contributed by atoms with Crippen LogP contribution < -0.4 is 5.32 Å². The second-order valence-electron chi connectivity index (χ2n) is 4.20. The fraction of sp³-hybridized carbons (Fsp3) is 0.750. The molecule has 1 rings (SSSR count). The van der Waals surface area contributed by atoms with Crippen LogP contribution in [0.5, 0.6) is 0 Å². The van der Waals surface area contributed by atoms with E-state index in [1.807, 2.05) is 0 Å². The van der Waals surface area contributed by atoms with Crippen molar-refractivity contribution in [3.8, 4) is 0 Å². The molecule has 0 spiro atoms. The van der Waals surface area contributed by atoms with E-state index in [2.05, 4.69) is 22.2 Å². The Morgan fingerprint density at radius 1 is 1.47 bits per heavy atom. The van der Waals surface area contributed by atoms with Crippen molar-refractivity contribution in [3.63, 3.8) is 0 Å². The zero-order valence-corrected chi connectivity index (χ0v) is 11.8. The van der Waals surface area contributed by atoms with Gasteiger partial charge in [0.1, 0.15) is 12.4 Å². The van der Waals surface area contributed by atoms with Crippen LogP contribution in [0, 0.1) is 0 Å². The Balaban J connectivity index is 2.19. The molecule has 0 aliphatic rings. The van der Waals surface area contributed by atoms with Crippen molar-refractivity contribution in [1.82, 2.24) is 15.3 Å². The first kappa shape index (κ1) is 16.3. The molecule has 0 saturated heterocycles. The highest BCUT2D eigenvalue weighted by atomic mass is 35.5. The molecule has 0 aromatic carbocycles. The molecule has 1 aromatic rings. The van der Waals surface area contributed by atoms with E-state index >= 15 is 0 Å². The number of halogens is 3. The minimum absolute atomic E-state index is 0.249. The van der Waals surface area contributed by atoms with Gasteiger partial charge < -0.3 is 15.0 Å². The Bertz CT molecular complexity index is 361. The van der Waals surface area contributed by atoms with Crippen LogP contribution in [0.15, 0.2) is 0 Å². The Morgan fingerprint density at radius 3 is 2.95 bits per heavy atom. The van der Waals surface area contributed by atoms with Crippen LogP contribution in [0.1, 0.15) is 31.3 Å². The number of nitrogens with zero attached hydrogens (tertiary/aromatic N) is 1. The lowest BCUT2D eigenvalue weighted by Gasteiger charge is -2.04. The maximum atomic E-state index is 11.8. The summed E-state index contributed by atoms with van der Waals surface area (Å²) in [5.74, 6) is 0.887. The minimum atomic E-state index is -2.41. The maximum Gasteiger partial charge on any atom is 0.261 e. The first-order valence-electron chi connectivity index (χ1n) is 6.43. The van der Waals surface area contributed by atoms with Crippen LogP contribution in [0.2, 0.25) is 5.15 Å². The summed E-state index contributed by atoms with van der Waals surface area (Å²) < 4.78 is 28.3. The molecule has 0 fully saturated rings. The number of nitrogens with one attached hydrogen (secondary N) is 2. The number of aryl methyl sites for hydroxylation is 1. The SMILES string of the molecule is CCCCc1nc(Cl)c(CNCCOCC(F)F)[nH]1. The Hall–Kier alpha value is -0.720. The molecule has 0 aliphatic heterocycles. The lowest BCUT2D eigenvalue weighted by atomic mass is 10.2. The van der Waals surface area contributed by atoms with Crippen LogP contribution in [0.25, 0.3) is 0 Å². The number of unbranched alkanes of at least 4 members (excludes halogenated alkanes) is 1. The van der Waals surface area contributed by atoms with Gasteiger partial charge >= 0.3 is 0 Å². The minimum Gasteiger partial charge on any atom is -0.374 e. The van der Waals surface area contributed by atoms with Crippen molar-refractivity contribution < 1.29 is 13.5 Å². The fourth-order valence-corrected chi connectivity index (χ4v) is 1.77. The van der Waals surface area contributed by atoms with Gasteiger partial charge in [0.05, 0.1) is 12.3 Å². The smallest absolute Gasteiger partial charge is 0.261 e. The molecule has 110 valence electrons. The molecule has 1 heterocycles. The lowest BCUT2D eigenvalue weighted by molar-refractivity contribution is 0.0187. The van der Waals surface area contributed by atoms with E-state index in [0.29, 0.717) is 18.2 Å². The number of aromatic amines is 1. The van der Waals surface area contributed by atoms with Gasteiger partial charge in [0.2, 0.25) is 0 Å². The number of ether oxygens (including phenoxy) is 1. The standard InChI is InChI=1S/C12H20ClF2N3O/c1-2-3-4-11-17-9(12(13)18-11)7-16-5-6-19-8-10(14)15/h10,16H,2-8H2,1H3,(H,17,18). The molecular formula is C12H20ClF2N3O. The van der Waals surface area contributed by atoms with E-state index < -0.39 is 13.0 Å². The number of aromatic nitrogens is 2. The van der Waals surface area contributed by atoms with Gasteiger partial charge in [-0.3, -0.25) is 0 Å². The van der Waals surface area contributed by atoms with Crippen molar-refractivity contribution in [3.05, 3.63) is 16.7 Å². The summed E-state index contributed by atoms with van der Waals surface area (Å²) in [6, 6.07) is 0. The van der Waals surface area contributed by atoms with Gasteiger partial charge in [-0.25, -0.2) is 13.8 Å². The highest BCUT2D eigenvalue weighted by Crippen LogP contribution is 2.13. The van der Waals surface area contributed by atoms with Gasteiger partial charge in [-0.1, -0.05) is 24.9 Å². The van der Waals surface area contributed by atoms with Crippen molar-refractivity contribution >= 4 is 11.6 Å². The van der Waals surface area contributed by atoms with Crippen LogP contribution in [-0.4, -0.2) is 36.2 Å². The van der Waals surface area contributed by atoms with E-state index in [0.717, 1.165) is 30.8 Å². The third-order valence-corrected chi connectivity index (χ3v) is 2.83. The van der Waals surface area contributed by atoms with Crippen LogP contribution >= 0.6 is 11.6 Å². The summed E-state index contributed by atoms with van der Waals surface area (Å²) in [5.41, 5.74) is 0.821. The summed E-state index contributed by atoms with van der Waals surface area (Å²) in [4.78, 5) is 7.38. The summed E-state index contributed by atoms with van der Waals surface area (Å²) in [6.07, 6.45) is 0.641. The number of hydrogen-bond acceptors (Lipinski definition) is 3. The van der Waals surface area contributed by atoms with E-state index in [4.69, 9.17) is 16.3 Å². The van der Waals surface area contributed by atoms with E-state index in [-0.39, 0.29) is 6.61 Å². The average molecular weight is 296 g/mol. The molecule has 0 radical (unpaired) electrons. The Kier molecular flexibility index (Phi) is 7.93. The lowest BCUT2D eigenvalue weighted by Crippen LogP contribution is -2.21. The number of alkyl halides is 2. The molecule has 0 atom stereocenters. The van der Waals surface area contributed by atoms with Crippen molar-refractivity contribution in [2.75, 3.05) is 19.8 Å². The van der Waals surface area contributed by atoms with Gasteiger partial charge in [0, 0.05) is 19.5 Å². The second kappa shape index (κ2) is 9.23. The molecule has 0 saturated carbocycles. The molecule has 0 unspecified atom stereocenters. The molecule has 0 aliphatic carbocycles. The molecule has 2 N–H and O–H groups in total. The highest BCUT2D eigenvalue weighted by molar-refractivity contribution is 6.30. The summed E-state index contributed by atoms with van der Waals surface area (Å²) in [7, 11) is 0. The average Bonchev–Trinajstić information content (AvgIpc) is 2.71. The monoisotopic (exact) mass is 295 g/mol. The summed E-state index contributed by atoms with van der Waals surface area (Å²) >= 11 is 5.99.